The molecule has 1 heterocycles. The van der Waals surface area contributed by atoms with Crippen molar-refractivity contribution in [3.8, 4) is 0 Å². The highest BCUT2D eigenvalue weighted by atomic mass is 32.2. The van der Waals surface area contributed by atoms with Gasteiger partial charge >= 0.3 is 0 Å². The summed E-state index contributed by atoms with van der Waals surface area (Å²) < 4.78 is 28.5. The molecule has 0 unspecified atom stereocenters. The van der Waals surface area contributed by atoms with Crippen LogP contribution >= 0.6 is 0 Å². The lowest BCUT2D eigenvalue weighted by molar-refractivity contribution is 0.100. The van der Waals surface area contributed by atoms with E-state index in [4.69, 9.17) is 5.73 Å². The number of primary amides is 1. The van der Waals surface area contributed by atoms with Crippen LogP contribution in [0.3, 0.4) is 0 Å². The average molecular weight is 336 g/mol. The quantitative estimate of drug-likeness (QED) is 0.884. The predicted octanol–water partition coefficient (Wildman–Crippen LogP) is 1.62. The molecule has 0 saturated carbocycles. The van der Waals surface area contributed by atoms with Crippen LogP contribution in [0.4, 0.5) is 5.82 Å². The summed E-state index contributed by atoms with van der Waals surface area (Å²) in [7, 11) is -2.28. The number of hydrogen-bond acceptors (Lipinski definition) is 4. The van der Waals surface area contributed by atoms with Crippen LogP contribution in [0.15, 0.2) is 35.4 Å². The molecular weight excluding hydrogens is 316 g/mol. The van der Waals surface area contributed by atoms with Crippen molar-refractivity contribution < 1.29 is 13.2 Å². The highest BCUT2D eigenvalue weighted by molar-refractivity contribution is 7.92. The molecule has 2 rings (SSSR count). The number of benzene rings is 1. The second kappa shape index (κ2) is 5.69. The monoisotopic (exact) mass is 336 g/mol. The maximum absolute atomic E-state index is 12.4. The van der Waals surface area contributed by atoms with Gasteiger partial charge in [0.1, 0.15) is 5.56 Å². The lowest BCUT2D eigenvalue weighted by Crippen LogP contribution is -2.18. The van der Waals surface area contributed by atoms with Crippen LogP contribution in [-0.2, 0) is 22.5 Å². The molecule has 0 spiro atoms. The number of rotatable bonds is 4. The number of amides is 1. The van der Waals surface area contributed by atoms with E-state index in [0.29, 0.717) is 0 Å². The molecule has 0 aliphatic carbocycles. The number of anilines is 1. The molecule has 0 atom stereocenters. The lowest BCUT2D eigenvalue weighted by atomic mass is 9.87. The van der Waals surface area contributed by atoms with E-state index >= 15 is 0 Å². The van der Waals surface area contributed by atoms with Crippen LogP contribution in [0.25, 0.3) is 0 Å². The Balaban J connectivity index is 2.34. The molecule has 1 aromatic carbocycles. The minimum absolute atomic E-state index is 0.0161. The van der Waals surface area contributed by atoms with Gasteiger partial charge in [0.05, 0.1) is 4.90 Å². The third kappa shape index (κ3) is 3.70. The number of nitrogens with zero attached hydrogens (tertiary/aromatic N) is 2. The van der Waals surface area contributed by atoms with Crippen molar-refractivity contribution in [2.45, 2.75) is 31.1 Å². The van der Waals surface area contributed by atoms with Crippen molar-refractivity contribution in [2.24, 2.45) is 12.8 Å². The fourth-order valence-corrected chi connectivity index (χ4v) is 3.08. The maximum atomic E-state index is 12.4. The van der Waals surface area contributed by atoms with Gasteiger partial charge in [-0.05, 0) is 23.1 Å². The molecule has 23 heavy (non-hydrogen) atoms. The highest BCUT2D eigenvalue weighted by Crippen LogP contribution is 2.24. The summed E-state index contributed by atoms with van der Waals surface area (Å²) in [5.74, 6) is -0.834. The summed E-state index contributed by atoms with van der Waals surface area (Å²) in [5, 5.41) is 3.92. The zero-order valence-corrected chi connectivity index (χ0v) is 14.3. The zero-order chi connectivity index (χ0) is 17.4. The smallest absolute Gasteiger partial charge is 0.263 e. The normalized spacial score (nSPS) is 12.2. The van der Waals surface area contributed by atoms with Gasteiger partial charge in [-0.2, -0.15) is 5.10 Å². The first kappa shape index (κ1) is 17.0. The number of hydrogen-bond donors (Lipinski definition) is 2. The molecule has 3 N–H and O–H groups in total. The summed E-state index contributed by atoms with van der Waals surface area (Å²) in [5.41, 5.74) is 6.19. The predicted molar refractivity (Wildman–Crippen MR) is 87.7 cm³/mol. The van der Waals surface area contributed by atoms with Gasteiger partial charge in [-0.15, -0.1) is 0 Å². The number of carbonyl (C=O) groups excluding carboxylic acids is 1. The first-order valence-corrected chi connectivity index (χ1v) is 8.46. The molecular formula is C15H20N4O3S. The number of nitrogens with one attached hydrogen (secondary N) is 1. The van der Waals surface area contributed by atoms with E-state index in [1.807, 2.05) is 20.8 Å². The Bertz CT molecular complexity index is 831. The van der Waals surface area contributed by atoms with Crippen LogP contribution < -0.4 is 10.5 Å². The minimum atomic E-state index is -3.85. The third-order valence-electron chi connectivity index (χ3n) is 3.36. The summed E-state index contributed by atoms with van der Waals surface area (Å²) in [6.45, 7) is 6.13. The highest BCUT2D eigenvalue weighted by Gasteiger charge is 2.21. The molecule has 0 radical (unpaired) electrons. The van der Waals surface area contributed by atoms with Gasteiger partial charge in [0.2, 0.25) is 0 Å². The number of carbonyl (C=O) groups is 1. The van der Waals surface area contributed by atoms with Crippen LogP contribution in [0.2, 0.25) is 0 Å². The Morgan fingerprint density at radius 1 is 1.22 bits per heavy atom. The van der Waals surface area contributed by atoms with E-state index < -0.39 is 15.9 Å². The van der Waals surface area contributed by atoms with Crippen molar-refractivity contribution in [1.82, 2.24) is 9.78 Å². The Kier molecular flexibility index (Phi) is 4.21. The van der Waals surface area contributed by atoms with E-state index in [0.717, 1.165) is 5.56 Å². The Morgan fingerprint density at radius 3 is 2.26 bits per heavy atom. The molecule has 0 aliphatic rings. The van der Waals surface area contributed by atoms with E-state index in [-0.39, 0.29) is 21.7 Å². The van der Waals surface area contributed by atoms with Gasteiger partial charge in [0, 0.05) is 13.2 Å². The van der Waals surface area contributed by atoms with Crippen LogP contribution in [-0.4, -0.2) is 24.1 Å². The summed E-state index contributed by atoms with van der Waals surface area (Å²) >= 11 is 0. The lowest BCUT2D eigenvalue weighted by Gasteiger charge is -2.19. The maximum Gasteiger partial charge on any atom is 0.263 e. The van der Waals surface area contributed by atoms with Crippen LogP contribution in [0.5, 0.6) is 0 Å². The van der Waals surface area contributed by atoms with E-state index in [9.17, 15) is 13.2 Å². The molecule has 0 saturated heterocycles. The van der Waals surface area contributed by atoms with Gasteiger partial charge in [-0.3, -0.25) is 14.2 Å². The molecule has 1 aromatic heterocycles. The van der Waals surface area contributed by atoms with Crippen molar-refractivity contribution in [2.75, 3.05) is 4.72 Å². The van der Waals surface area contributed by atoms with Crippen molar-refractivity contribution in [3.63, 3.8) is 0 Å². The molecule has 7 nitrogen and oxygen atoms in total. The largest absolute Gasteiger partial charge is 0.365 e. The summed E-state index contributed by atoms with van der Waals surface area (Å²) in [6, 6.07) is 6.58. The third-order valence-corrected chi connectivity index (χ3v) is 4.71. The second-order valence-corrected chi connectivity index (χ2v) is 7.99. The molecule has 0 aliphatic heterocycles. The van der Waals surface area contributed by atoms with Gasteiger partial charge in [0.25, 0.3) is 15.9 Å². The number of nitrogens with two attached hydrogens (primary N) is 1. The van der Waals surface area contributed by atoms with E-state index in [1.54, 1.807) is 19.2 Å². The summed E-state index contributed by atoms with van der Waals surface area (Å²) in [4.78, 5) is 11.4. The zero-order valence-electron chi connectivity index (χ0n) is 13.5. The standard InChI is InChI=1S/C15H20N4O3S/c1-15(2,3)10-5-7-11(8-6-10)23(21,22)18-14-12(13(16)20)9-19(4)17-14/h5-9H,1-4H3,(H2,16,20)(H,17,18). The second-order valence-electron chi connectivity index (χ2n) is 6.31. The van der Waals surface area contributed by atoms with Gasteiger partial charge < -0.3 is 5.73 Å². The molecule has 1 amide bonds. The van der Waals surface area contributed by atoms with Crippen molar-refractivity contribution >= 4 is 21.7 Å². The Morgan fingerprint density at radius 2 is 1.78 bits per heavy atom. The molecule has 0 bridgehead atoms. The van der Waals surface area contributed by atoms with Crippen LogP contribution in [0.1, 0.15) is 36.7 Å². The van der Waals surface area contributed by atoms with Crippen molar-refractivity contribution in [1.29, 1.82) is 0 Å². The van der Waals surface area contributed by atoms with Gasteiger partial charge in [-0.1, -0.05) is 32.9 Å². The number of sulfonamides is 1. The summed E-state index contributed by atoms with van der Waals surface area (Å²) in [6.07, 6.45) is 1.36. The van der Waals surface area contributed by atoms with Crippen LogP contribution in [0, 0.1) is 0 Å². The first-order chi connectivity index (χ1) is 10.5. The SMILES string of the molecule is Cn1cc(C(N)=O)c(NS(=O)(=O)c2ccc(C(C)(C)C)cc2)n1. The first-order valence-electron chi connectivity index (χ1n) is 6.97. The molecule has 8 heteroatoms. The van der Waals surface area contributed by atoms with Crippen molar-refractivity contribution in [3.05, 3.63) is 41.6 Å². The molecule has 124 valence electrons. The average Bonchev–Trinajstić information content (AvgIpc) is 2.78. The minimum Gasteiger partial charge on any atom is -0.365 e. The fraction of sp³-hybridized carbons (Fsp3) is 0.333. The van der Waals surface area contributed by atoms with E-state index in [1.165, 1.54) is 23.0 Å². The van der Waals surface area contributed by atoms with Gasteiger partial charge in [0.15, 0.2) is 5.82 Å². The Labute approximate surface area is 135 Å². The molecule has 0 fully saturated rings. The number of aromatic nitrogens is 2. The topological polar surface area (TPSA) is 107 Å². The fourth-order valence-electron chi connectivity index (χ4n) is 2.06. The number of aryl methyl sites for hydroxylation is 1. The van der Waals surface area contributed by atoms with Gasteiger partial charge in [-0.25, -0.2) is 8.42 Å². The Hall–Kier alpha value is -2.35. The van der Waals surface area contributed by atoms with E-state index in [2.05, 4.69) is 9.82 Å². The molecule has 2 aromatic rings.